The second-order valence-electron chi connectivity index (χ2n) is 6.86. The highest BCUT2D eigenvalue weighted by Gasteiger charge is 2.54. The Morgan fingerprint density at radius 2 is 2.18 bits per heavy atom. The lowest BCUT2D eigenvalue weighted by atomic mass is 10.0. The van der Waals surface area contributed by atoms with Gasteiger partial charge in [0.05, 0.1) is 16.1 Å². The topological polar surface area (TPSA) is 160 Å². The van der Waals surface area contributed by atoms with Gasteiger partial charge < -0.3 is 21.0 Å². The first-order chi connectivity index (χ1) is 15.8. The summed E-state index contributed by atoms with van der Waals surface area (Å²) >= 11 is 3.86. The van der Waals surface area contributed by atoms with Crippen LogP contribution >= 0.6 is 34.4 Å². The zero-order chi connectivity index (χ0) is 23.7. The van der Waals surface area contributed by atoms with Crippen molar-refractivity contribution in [3.05, 3.63) is 44.5 Å². The molecule has 0 bridgehead atoms. The van der Waals surface area contributed by atoms with Crippen molar-refractivity contribution in [3.63, 3.8) is 0 Å². The molecule has 1 saturated heterocycles. The molecule has 2 aromatic rings. The Labute approximate surface area is 200 Å². The number of aromatic nitrogens is 2. The lowest BCUT2D eigenvalue weighted by Gasteiger charge is -2.49. The van der Waals surface area contributed by atoms with Crippen molar-refractivity contribution in [1.82, 2.24) is 20.2 Å². The number of aryl methyl sites for hydroxylation is 1. The predicted molar refractivity (Wildman–Crippen MR) is 126 cm³/mol. The van der Waals surface area contributed by atoms with Gasteiger partial charge in [-0.1, -0.05) is 22.6 Å². The van der Waals surface area contributed by atoms with Crippen molar-refractivity contribution < 1.29 is 24.3 Å². The third-order valence-electron chi connectivity index (χ3n) is 4.86. The minimum atomic E-state index is -1.21. The van der Waals surface area contributed by atoms with E-state index in [0.717, 1.165) is 21.9 Å². The standard InChI is InChI=1S/C19H18N6O5S3/c1-8-10(32-7-22-8)4-3-9-6-31-17-13(16(27)25(17)14(9)18(28)29)23-15(26)12(24-30-2)11-5-21-19(20)33-11/h3-5,7,13,17H,6H2,1-2H3,(H2,20,21)(H,23,26)(H,28,29). The summed E-state index contributed by atoms with van der Waals surface area (Å²) in [5, 5.41) is 15.9. The summed E-state index contributed by atoms with van der Waals surface area (Å²) in [6.07, 6.45) is 4.88. The van der Waals surface area contributed by atoms with Gasteiger partial charge in [0.2, 0.25) is 0 Å². The maximum atomic E-state index is 12.9. The van der Waals surface area contributed by atoms with Crippen LogP contribution in [0.1, 0.15) is 15.4 Å². The van der Waals surface area contributed by atoms with E-state index in [9.17, 15) is 19.5 Å². The number of thioether (sulfide) groups is 1. The first kappa shape index (κ1) is 22.9. The Kier molecular flexibility index (Phi) is 6.49. The highest BCUT2D eigenvalue weighted by atomic mass is 32.2. The molecule has 0 aromatic carbocycles. The molecule has 2 atom stereocenters. The molecule has 14 heteroatoms. The van der Waals surface area contributed by atoms with Gasteiger partial charge in [0, 0.05) is 16.8 Å². The third kappa shape index (κ3) is 4.36. The number of nitrogens with zero attached hydrogens (tertiary/aromatic N) is 4. The van der Waals surface area contributed by atoms with E-state index in [-0.39, 0.29) is 16.5 Å². The Morgan fingerprint density at radius 1 is 1.39 bits per heavy atom. The number of oxime groups is 1. The third-order valence-corrected chi connectivity index (χ3v) is 7.89. The molecular weight excluding hydrogens is 488 g/mol. The van der Waals surface area contributed by atoms with Crippen LogP contribution in [0.2, 0.25) is 0 Å². The molecule has 4 heterocycles. The summed E-state index contributed by atoms with van der Waals surface area (Å²) in [5.74, 6) is -2.01. The van der Waals surface area contributed by atoms with Crippen molar-refractivity contribution in [2.45, 2.75) is 18.3 Å². The zero-order valence-electron chi connectivity index (χ0n) is 17.3. The lowest BCUT2D eigenvalue weighted by molar-refractivity contribution is -0.150. The number of β-lactam (4-membered cyclic amide) rings is 1. The van der Waals surface area contributed by atoms with E-state index in [1.165, 1.54) is 41.3 Å². The maximum absolute atomic E-state index is 12.9. The van der Waals surface area contributed by atoms with Crippen LogP contribution in [-0.2, 0) is 19.2 Å². The minimum Gasteiger partial charge on any atom is -0.477 e. The summed E-state index contributed by atoms with van der Waals surface area (Å²) < 4.78 is 0. The molecule has 11 nitrogen and oxygen atoms in total. The van der Waals surface area contributed by atoms with Crippen LogP contribution in [0, 0.1) is 6.92 Å². The molecule has 1 fully saturated rings. The Balaban J connectivity index is 1.54. The SMILES string of the molecule is CON=C(C(=O)NC1C(=O)N2C(C(=O)O)=C(C=Cc3scnc3C)CSC12)c1cnc(N)s1. The number of rotatable bonds is 7. The lowest BCUT2D eigenvalue weighted by Crippen LogP contribution is -2.71. The second-order valence-corrected chi connectivity index (χ2v) is 9.91. The van der Waals surface area contributed by atoms with Crippen LogP contribution in [0.4, 0.5) is 5.13 Å². The molecule has 4 N–H and O–H groups in total. The number of fused-ring (bicyclic) bond motifs is 1. The van der Waals surface area contributed by atoms with E-state index in [2.05, 4.69) is 20.4 Å². The molecule has 172 valence electrons. The molecule has 0 aliphatic carbocycles. The number of carbonyl (C=O) groups is 3. The van der Waals surface area contributed by atoms with Crippen LogP contribution in [0.5, 0.6) is 0 Å². The number of hydrogen-bond acceptors (Lipinski definition) is 11. The van der Waals surface area contributed by atoms with Crippen LogP contribution in [0.3, 0.4) is 0 Å². The summed E-state index contributed by atoms with van der Waals surface area (Å²) in [7, 11) is 1.29. The van der Waals surface area contributed by atoms with Gasteiger partial charge in [-0.15, -0.1) is 23.1 Å². The van der Waals surface area contributed by atoms with Gasteiger partial charge in [-0.3, -0.25) is 14.5 Å². The molecule has 2 amide bonds. The van der Waals surface area contributed by atoms with Gasteiger partial charge in [-0.2, -0.15) is 0 Å². The van der Waals surface area contributed by atoms with E-state index in [1.807, 2.05) is 6.92 Å². The number of allylic oxidation sites excluding steroid dienone is 1. The van der Waals surface area contributed by atoms with Gasteiger partial charge in [-0.05, 0) is 18.6 Å². The van der Waals surface area contributed by atoms with Gasteiger partial charge >= 0.3 is 5.97 Å². The number of carboxylic acid groups (broad SMARTS) is 1. The molecule has 0 radical (unpaired) electrons. The molecule has 0 spiro atoms. The molecule has 2 aliphatic rings. The average molecular weight is 507 g/mol. The normalized spacial score (nSPS) is 20.6. The molecule has 2 unspecified atom stereocenters. The number of carboxylic acids is 1. The van der Waals surface area contributed by atoms with E-state index >= 15 is 0 Å². The number of nitrogens with two attached hydrogens (primary N) is 1. The van der Waals surface area contributed by atoms with E-state index < -0.39 is 29.2 Å². The van der Waals surface area contributed by atoms with Crippen molar-refractivity contribution in [2.24, 2.45) is 5.16 Å². The van der Waals surface area contributed by atoms with E-state index in [1.54, 1.807) is 17.7 Å². The van der Waals surface area contributed by atoms with Gasteiger partial charge in [-0.25, -0.2) is 14.8 Å². The number of nitrogens with one attached hydrogen (secondary N) is 1. The highest BCUT2D eigenvalue weighted by molar-refractivity contribution is 8.00. The maximum Gasteiger partial charge on any atom is 0.352 e. The Bertz CT molecular complexity index is 1220. The van der Waals surface area contributed by atoms with Crippen LogP contribution in [-0.4, -0.2) is 67.7 Å². The van der Waals surface area contributed by atoms with Crippen molar-refractivity contribution in [2.75, 3.05) is 18.6 Å². The van der Waals surface area contributed by atoms with Crippen LogP contribution in [0.25, 0.3) is 6.08 Å². The summed E-state index contributed by atoms with van der Waals surface area (Å²) in [4.78, 5) is 53.0. The zero-order valence-corrected chi connectivity index (χ0v) is 19.8. The van der Waals surface area contributed by atoms with E-state index in [0.29, 0.717) is 16.2 Å². The number of hydrogen-bond donors (Lipinski definition) is 3. The second kappa shape index (κ2) is 9.33. The Hall–Kier alpha value is -3.23. The summed E-state index contributed by atoms with van der Waals surface area (Å²) in [5.41, 5.74) is 8.53. The fourth-order valence-electron chi connectivity index (χ4n) is 3.31. The largest absolute Gasteiger partial charge is 0.477 e. The fraction of sp³-hybridized carbons (Fsp3) is 0.263. The first-order valence-electron chi connectivity index (χ1n) is 9.44. The van der Waals surface area contributed by atoms with Crippen molar-refractivity contribution in [3.8, 4) is 0 Å². The van der Waals surface area contributed by atoms with Gasteiger partial charge in [0.25, 0.3) is 11.8 Å². The molecule has 2 aromatic heterocycles. The molecule has 4 rings (SSSR count). The van der Waals surface area contributed by atoms with Crippen LogP contribution < -0.4 is 11.1 Å². The monoisotopic (exact) mass is 506 g/mol. The number of anilines is 1. The quantitative estimate of drug-likeness (QED) is 0.286. The van der Waals surface area contributed by atoms with Crippen LogP contribution in [0.15, 0.2) is 34.2 Å². The molecule has 0 saturated carbocycles. The first-order valence-corrected chi connectivity index (χ1v) is 12.2. The molecular formula is C19H18N6O5S3. The molecule has 33 heavy (non-hydrogen) atoms. The summed E-state index contributed by atoms with van der Waals surface area (Å²) in [6, 6.07) is -0.904. The number of amides is 2. The predicted octanol–water partition coefficient (Wildman–Crippen LogP) is 1.29. The Morgan fingerprint density at radius 3 is 2.79 bits per heavy atom. The fourth-order valence-corrected chi connectivity index (χ4v) is 5.99. The van der Waals surface area contributed by atoms with Crippen molar-refractivity contribution in [1.29, 1.82) is 0 Å². The number of nitrogen functional groups attached to an aromatic ring is 1. The van der Waals surface area contributed by atoms with E-state index in [4.69, 9.17) is 10.6 Å². The number of aliphatic carboxylic acids is 1. The smallest absolute Gasteiger partial charge is 0.352 e. The highest BCUT2D eigenvalue weighted by Crippen LogP contribution is 2.41. The van der Waals surface area contributed by atoms with Gasteiger partial charge in [0.15, 0.2) is 10.8 Å². The number of thiazole rings is 2. The summed E-state index contributed by atoms with van der Waals surface area (Å²) in [6.45, 7) is 1.86. The average Bonchev–Trinajstić information content (AvgIpc) is 3.40. The molecule has 2 aliphatic heterocycles. The van der Waals surface area contributed by atoms with Gasteiger partial charge in [0.1, 0.15) is 24.2 Å². The van der Waals surface area contributed by atoms with Crippen molar-refractivity contribution >= 4 is 69.1 Å². The number of carbonyl (C=O) groups excluding carboxylic acids is 2. The minimum absolute atomic E-state index is 0.0729.